The molecular weight excluding hydrogens is 370 g/mol. The Morgan fingerprint density at radius 2 is 1.78 bits per heavy atom. The normalized spacial score (nSPS) is 13.1. The summed E-state index contributed by atoms with van der Waals surface area (Å²) in [6, 6.07) is 5.89. The number of nitro benzene ring substituents is 1. The highest BCUT2D eigenvalue weighted by Crippen LogP contribution is 2.38. The molecule has 0 unspecified atom stereocenters. The molecule has 10 heteroatoms. The summed E-state index contributed by atoms with van der Waals surface area (Å²) in [5, 5.41) is 17.4. The molecule has 0 aliphatic carbocycles. The first-order valence-corrected chi connectivity index (χ1v) is 9.15. The van der Waals surface area contributed by atoms with E-state index < -0.39 is 4.92 Å². The molecule has 1 aromatic carbocycles. The van der Waals surface area contributed by atoms with Crippen LogP contribution < -0.4 is 5.01 Å². The molecule has 2 heterocycles. The van der Waals surface area contributed by atoms with Gasteiger partial charge in [-0.2, -0.15) is 10.1 Å². The number of amides is 1. The molecule has 1 aliphatic heterocycles. The first kappa shape index (κ1) is 18.8. The summed E-state index contributed by atoms with van der Waals surface area (Å²) in [5.41, 5.74) is 0.573. The second-order valence-corrected chi connectivity index (χ2v) is 6.72. The lowest BCUT2D eigenvalue weighted by Gasteiger charge is -2.22. The predicted molar refractivity (Wildman–Crippen MR) is 101 cm³/mol. The molecule has 1 amide bonds. The van der Waals surface area contributed by atoms with E-state index in [1.54, 1.807) is 32.9 Å². The van der Waals surface area contributed by atoms with E-state index in [0.717, 1.165) is 0 Å². The fourth-order valence-corrected chi connectivity index (χ4v) is 3.70. The van der Waals surface area contributed by atoms with Gasteiger partial charge in [0, 0.05) is 30.5 Å². The number of imidazole rings is 1. The first-order chi connectivity index (χ1) is 12.9. The molecule has 3 rings (SSSR count). The number of hydrogen-bond acceptors (Lipinski definition) is 7. The van der Waals surface area contributed by atoms with Crippen LogP contribution in [-0.4, -0.2) is 31.3 Å². The minimum absolute atomic E-state index is 0.0376. The van der Waals surface area contributed by atoms with Gasteiger partial charge in [0.25, 0.3) is 5.69 Å². The van der Waals surface area contributed by atoms with Crippen LogP contribution in [0.15, 0.2) is 34.4 Å². The van der Waals surface area contributed by atoms with E-state index in [0.29, 0.717) is 27.3 Å². The summed E-state index contributed by atoms with van der Waals surface area (Å²) >= 11 is 1.21. The van der Waals surface area contributed by atoms with Crippen LogP contribution in [0.2, 0.25) is 0 Å². The molecule has 0 saturated carbocycles. The van der Waals surface area contributed by atoms with Gasteiger partial charge in [0.1, 0.15) is 15.9 Å². The first-order valence-electron chi connectivity index (χ1n) is 8.34. The van der Waals surface area contributed by atoms with Crippen LogP contribution in [0.3, 0.4) is 0 Å². The van der Waals surface area contributed by atoms with E-state index in [4.69, 9.17) is 0 Å². The monoisotopic (exact) mass is 387 g/mol. The zero-order valence-electron chi connectivity index (χ0n) is 15.0. The van der Waals surface area contributed by atoms with Crippen molar-refractivity contribution in [3.05, 3.63) is 45.8 Å². The van der Waals surface area contributed by atoms with Gasteiger partial charge in [-0.25, -0.2) is 4.98 Å². The largest absolute Gasteiger partial charge is 0.274 e. The van der Waals surface area contributed by atoms with E-state index in [-0.39, 0.29) is 30.3 Å². The third kappa shape index (κ3) is 3.35. The molecule has 0 bridgehead atoms. The zero-order chi connectivity index (χ0) is 19.7. The van der Waals surface area contributed by atoms with Gasteiger partial charge in [0.15, 0.2) is 5.82 Å². The summed E-state index contributed by atoms with van der Waals surface area (Å²) in [7, 11) is 0. The Balaban J connectivity index is 2.10. The maximum atomic E-state index is 12.4. The number of nitrogens with zero attached hydrogens (tertiary/aromatic N) is 5. The topological polar surface area (TPSA) is 111 Å². The third-order valence-electron chi connectivity index (χ3n) is 3.99. The van der Waals surface area contributed by atoms with Crippen LogP contribution in [0, 0.1) is 17.0 Å². The molecule has 0 radical (unpaired) electrons. The number of nitro groups is 1. The third-order valence-corrected chi connectivity index (χ3v) is 5.06. The molecule has 1 aromatic heterocycles. The van der Waals surface area contributed by atoms with E-state index in [2.05, 4.69) is 10.1 Å². The van der Waals surface area contributed by atoms with Gasteiger partial charge in [0.2, 0.25) is 11.8 Å². The maximum Gasteiger partial charge on any atom is 0.269 e. The quantitative estimate of drug-likeness (QED) is 0.587. The molecule has 9 nitrogen and oxygen atoms in total. The fraction of sp³-hybridized carbons (Fsp3) is 0.294. The zero-order valence-corrected chi connectivity index (χ0v) is 15.8. The Hall–Kier alpha value is -3.01. The number of anilines is 1. The molecule has 0 N–H and O–H groups in total. The van der Waals surface area contributed by atoms with Crippen molar-refractivity contribution < 1.29 is 14.5 Å². The van der Waals surface area contributed by atoms with Crippen LogP contribution in [0.5, 0.6) is 0 Å². The molecule has 0 saturated heterocycles. The van der Waals surface area contributed by atoms with Gasteiger partial charge in [-0.3, -0.25) is 24.3 Å². The summed E-state index contributed by atoms with van der Waals surface area (Å²) in [6.07, 6.45) is 0.505. The lowest BCUT2D eigenvalue weighted by atomic mass is 10.2. The second-order valence-electron chi connectivity index (χ2n) is 5.74. The number of hydrazone groups is 1. The van der Waals surface area contributed by atoms with Crippen molar-refractivity contribution in [2.75, 3.05) is 5.01 Å². The van der Waals surface area contributed by atoms with Crippen LogP contribution in [0.1, 0.15) is 42.9 Å². The lowest BCUT2D eigenvalue weighted by Crippen LogP contribution is -2.29. The smallest absolute Gasteiger partial charge is 0.269 e. The van der Waals surface area contributed by atoms with E-state index in [1.165, 1.54) is 33.5 Å². The molecule has 2 aromatic rings. The number of hydrogen-bond donors (Lipinski definition) is 0. The predicted octanol–water partition coefficient (Wildman–Crippen LogP) is 3.36. The van der Waals surface area contributed by atoms with Crippen LogP contribution >= 0.6 is 11.8 Å². The number of aromatic nitrogens is 2. The summed E-state index contributed by atoms with van der Waals surface area (Å²) in [5.74, 6) is 0.414. The molecule has 0 fully saturated rings. The van der Waals surface area contributed by atoms with Crippen molar-refractivity contribution in [2.45, 2.75) is 38.6 Å². The number of non-ortho nitro benzene ring substituents is 1. The van der Waals surface area contributed by atoms with Crippen molar-refractivity contribution in [1.82, 2.24) is 9.55 Å². The lowest BCUT2D eigenvalue weighted by molar-refractivity contribution is -0.384. The van der Waals surface area contributed by atoms with Gasteiger partial charge >= 0.3 is 0 Å². The number of fused-ring (bicyclic) bond motifs is 1. The van der Waals surface area contributed by atoms with E-state index >= 15 is 0 Å². The number of aryl methyl sites for hydroxylation is 1. The molecule has 140 valence electrons. The molecule has 0 spiro atoms. The highest BCUT2D eigenvalue weighted by molar-refractivity contribution is 8.14. The SMILES string of the molecule is CCC(=O)N1N=C(c2ccc([N+](=O)[O-])cc2)Sc2c1nc(C)n2C(=O)CC. The van der Waals surface area contributed by atoms with Gasteiger partial charge in [-0.05, 0) is 30.8 Å². The van der Waals surface area contributed by atoms with Gasteiger partial charge in [-0.15, -0.1) is 0 Å². The van der Waals surface area contributed by atoms with Crippen molar-refractivity contribution >= 4 is 40.1 Å². The Morgan fingerprint density at radius 1 is 1.15 bits per heavy atom. The second kappa shape index (κ2) is 7.31. The van der Waals surface area contributed by atoms with Crippen molar-refractivity contribution in [3.8, 4) is 0 Å². The van der Waals surface area contributed by atoms with Crippen LogP contribution in [-0.2, 0) is 4.79 Å². The average molecular weight is 387 g/mol. The Labute approximate surface area is 159 Å². The minimum Gasteiger partial charge on any atom is -0.274 e. The fourth-order valence-electron chi connectivity index (χ4n) is 2.60. The maximum absolute atomic E-state index is 12.4. The van der Waals surface area contributed by atoms with E-state index in [9.17, 15) is 19.7 Å². The number of carbonyl (C=O) groups excluding carboxylic acids is 2. The van der Waals surface area contributed by atoms with Crippen LogP contribution in [0.4, 0.5) is 11.5 Å². The van der Waals surface area contributed by atoms with Crippen molar-refractivity contribution in [1.29, 1.82) is 0 Å². The van der Waals surface area contributed by atoms with Gasteiger partial charge in [-0.1, -0.05) is 13.8 Å². The number of rotatable bonds is 4. The molecule has 0 atom stereocenters. The number of benzene rings is 1. The number of thioether (sulfide) groups is 1. The Bertz CT molecular complexity index is 964. The highest BCUT2D eigenvalue weighted by Gasteiger charge is 2.32. The number of carbonyl (C=O) groups is 2. The summed E-state index contributed by atoms with van der Waals surface area (Å²) in [6.45, 7) is 5.17. The molecule has 27 heavy (non-hydrogen) atoms. The van der Waals surface area contributed by atoms with Crippen molar-refractivity contribution in [3.63, 3.8) is 0 Å². The Morgan fingerprint density at radius 3 is 2.33 bits per heavy atom. The van der Waals surface area contributed by atoms with Crippen LogP contribution in [0.25, 0.3) is 0 Å². The molecular formula is C17H17N5O4S. The highest BCUT2D eigenvalue weighted by atomic mass is 32.2. The molecule has 1 aliphatic rings. The van der Waals surface area contributed by atoms with Gasteiger partial charge < -0.3 is 0 Å². The van der Waals surface area contributed by atoms with E-state index in [1.807, 2.05) is 0 Å². The van der Waals surface area contributed by atoms with Gasteiger partial charge in [0.05, 0.1) is 4.92 Å². The average Bonchev–Trinajstić information content (AvgIpc) is 3.01. The Kier molecular flexibility index (Phi) is 5.08. The minimum atomic E-state index is -0.483. The summed E-state index contributed by atoms with van der Waals surface area (Å²) in [4.78, 5) is 39.5. The standard InChI is InChI=1S/C17H17N5O4S/c1-4-13(23)20-10(3)18-15-17(20)27-16(19-21(15)14(24)5-2)11-6-8-12(9-7-11)22(25)26/h6-9H,4-5H2,1-3H3. The van der Waals surface area contributed by atoms with Crippen molar-refractivity contribution in [2.24, 2.45) is 5.10 Å². The summed E-state index contributed by atoms with van der Waals surface area (Å²) < 4.78 is 1.48.